The summed E-state index contributed by atoms with van der Waals surface area (Å²) in [5.41, 5.74) is 2.10. The lowest BCUT2D eigenvalue weighted by atomic mass is 10.0. The van der Waals surface area contributed by atoms with Gasteiger partial charge in [0.15, 0.2) is 0 Å². The Hall–Kier alpha value is -2.75. The summed E-state index contributed by atoms with van der Waals surface area (Å²) in [6, 6.07) is 14.0. The van der Waals surface area contributed by atoms with E-state index in [0.717, 1.165) is 16.5 Å². The van der Waals surface area contributed by atoms with Crippen LogP contribution in [-0.2, 0) is 0 Å². The molecule has 3 nitrogen and oxygen atoms in total. The number of nitrogens with zero attached hydrogens (tertiary/aromatic N) is 1. The van der Waals surface area contributed by atoms with Crippen molar-refractivity contribution in [2.45, 2.75) is 6.92 Å². The number of carbonyl (C=O) groups is 1. The third kappa shape index (κ3) is 2.44. The quantitative estimate of drug-likeness (QED) is 0.783. The van der Waals surface area contributed by atoms with Crippen molar-refractivity contribution in [1.82, 2.24) is 10.3 Å². The van der Waals surface area contributed by atoms with Gasteiger partial charge in [-0.15, -0.1) is 0 Å². The summed E-state index contributed by atoms with van der Waals surface area (Å²) < 4.78 is 14.3. The van der Waals surface area contributed by atoms with Gasteiger partial charge in [0.25, 0.3) is 5.91 Å². The Bertz CT molecular complexity index is 874. The van der Waals surface area contributed by atoms with E-state index in [9.17, 15) is 9.18 Å². The molecule has 3 aromatic rings. The van der Waals surface area contributed by atoms with Crippen LogP contribution >= 0.6 is 0 Å². The predicted octanol–water partition coefficient (Wildman–Crippen LogP) is 3.71. The number of amides is 1. The lowest BCUT2D eigenvalue weighted by Crippen LogP contribution is -2.17. The summed E-state index contributed by atoms with van der Waals surface area (Å²) in [4.78, 5) is 16.3. The van der Waals surface area contributed by atoms with E-state index in [2.05, 4.69) is 10.3 Å². The lowest BCUT2D eigenvalue weighted by molar-refractivity contribution is 0.0963. The van der Waals surface area contributed by atoms with Crippen molar-refractivity contribution in [2.75, 3.05) is 7.05 Å². The zero-order valence-electron chi connectivity index (χ0n) is 12.4. The number of aryl methyl sites for hydroxylation is 1. The van der Waals surface area contributed by atoms with Gasteiger partial charge in [-0.05, 0) is 36.6 Å². The molecular weight excluding hydrogens is 279 g/mol. The number of hydrogen-bond donors (Lipinski definition) is 1. The molecular formula is C18H15FN2O. The van der Waals surface area contributed by atoms with Gasteiger partial charge in [-0.3, -0.25) is 9.78 Å². The van der Waals surface area contributed by atoms with Crippen LogP contribution in [0.5, 0.6) is 0 Å². The van der Waals surface area contributed by atoms with Gasteiger partial charge in [0.05, 0.1) is 5.69 Å². The van der Waals surface area contributed by atoms with Gasteiger partial charge in [-0.2, -0.15) is 0 Å². The summed E-state index contributed by atoms with van der Waals surface area (Å²) in [7, 11) is 1.55. The highest BCUT2D eigenvalue weighted by Gasteiger charge is 2.14. The number of carbonyl (C=O) groups excluding carboxylic acids is 1. The van der Waals surface area contributed by atoms with Crippen molar-refractivity contribution in [2.24, 2.45) is 0 Å². The van der Waals surface area contributed by atoms with Crippen molar-refractivity contribution >= 4 is 16.7 Å². The predicted molar refractivity (Wildman–Crippen MR) is 85.3 cm³/mol. The van der Waals surface area contributed by atoms with Crippen LogP contribution in [0.15, 0.2) is 48.5 Å². The van der Waals surface area contributed by atoms with Crippen LogP contribution in [0.25, 0.3) is 22.0 Å². The number of pyridine rings is 1. The number of rotatable bonds is 2. The molecule has 4 heteroatoms. The summed E-state index contributed by atoms with van der Waals surface area (Å²) >= 11 is 0. The fraction of sp³-hybridized carbons (Fsp3) is 0.111. The standard InChI is InChI=1S/C18H15FN2O/c1-11-9-12-5-3-4-6-14(12)17(21-11)15-10-13(18(22)20-2)7-8-16(15)19/h3-10H,1-2H3,(H,20,22). The molecule has 1 heterocycles. The second kappa shape index (κ2) is 5.56. The Morgan fingerprint density at radius 3 is 2.68 bits per heavy atom. The van der Waals surface area contributed by atoms with Gasteiger partial charge in [0.2, 0.25) is 0 Å². The van der Waals surface area contributed by atoms with Crippen molar-refractivity contribution < 1.29 is 9.18 Å². The zero-order chi connectivity index (χ0) is 15.7. The zero-order valence-corrected chi connectivity index (χ0v) is 12.4. The van der Waals surface area contributed by atoms with Crippen molar-refractivity contribution in [3.05, 3.63) is 65.6 Å². The molecule has 0 bridgehead atoms. The molecule has 0 radical (unpaired) electrons. The van der Waals surface area contributed by atoms with E-state index in [1.807, 2.05) is 37.3 Å². The van der Waals surface area contributed by atoms with E-state index >= 15 is 0 Å². The fourth-order valence-electron chi connectivity index (χ4n) is 2.53. The highest BCUT2D eigenvalue weighted by Crippen LogP contribution is 2.30. The maximum absolute atomic E-state index is 14.3. The first-order valence-corrected chi connectivity index (χ1v) is 6.98. The monoisotopic (exact) mass is 294 g/mol. The Morgan fingerprint density at radius 1 is 1.14 bits per heavy atom. The minimum atomic E-state index is -0.393. The van der Waals surface area contributed by atoms with Crippen LogP contribution in [0.1, 0.15) is 16.1 Å². The van der Waals surface area contributed by atoms with Crippen LogP contribution in [0, 0.1) is 12.7 Å². The van der Waals surface area contributed by atoms with Crippen LogP contribution < -0.4 is 5.32 Å². The molecule has 0 fully saturated rings. The van der Waals surface area contributed by atoms with E-state index < -0.39 is 5.82 Å². The first kappa shape index (κ1) is 14.2. The maximum Gasteiger partial charge on any atom is 0.251 e. The number of hydrogen-bond acceptors (Lipinski definition) is 2. The first-order valence-electron chi connectivity index (χ1n) is 6.98. The topological polar surface area (TPSA) is 42.0 Å². The number of fused-ring (bicyclic) bond motifs is 1. The molecule has 0 atom stereocenters. The van der Waals surface area contributed by atoms with E-state index in [1.165, 1.54) is 12.1 Å². The van der Waals surface area contributed by atoms with Gasteiger partial charge in [0.1, 0.15) is 5.82 Å². The molecule has 1 N–H and O–H groups in total. The van der Waals surface area contributed by atoms with Crippen LogP contribution in [0.3, 0.4) is 0 Å². The van der Waals surface area contributed by atoms with Crippen molar-refractivity contribution in [1.29, 1.82) is 0 Å². The van der Waals surface area contributed by atoms with Crippen molar-refractivity contribution in [3.63, 3.8) is 0 Å². The Labute approximate surface area is 127 Å². The minimum Gasteiger partial charge on any atom is -0.355 e. The summed E-state index contributed by atoms with van der Waals surface area (Å²) in [5, 5.41) is 4.40. The van der Waals surface area contributed by atoms with E-state index in [1.54, 1.807) is 13.1 Å². The molecule has 0 aliphatic carbocycles. The summed E-state index contributed by atoms with van der Waals surface area (Å²) in [6.45, 7) is 1.87. The largest absolute Gasteiger partial charge is 0.355 e. The molecule has 0 saturated heterocycles. The van der Waals surface area contributed by atoms with Crippen LogP contribution in [0.4, 0.5) is 4.39 Å². The van der Waals surface area contributed by atoms with Gasteiger partial charge in [-0.1, -0.05) is 24.3 Å². The Kier molecular flexibility index (Phi) is 3.59. The van der Waals surface area contributed by atoms with Gasteiger partial charge in [-0.25, -0.2) is 4.39 Å². The molecule has 22 heavy (non-hydrogen) atoms. The number of halogens is 1. The van der Waals surface area contributed by atoms with Crippen LogP contribution in [-0.4, -0.2) is 17.9 Å². The highest BCUT2D eigenvalue weighted by molar-refractivity contribution is 5.98. The third-order valence-corrected chi connectivity index (χ3v) is 3.58. The molecule has 2 aromatic carbocycles. The Balaban J connectivity index is 2.29. The number of benzene rings is 2. The molecule has 0 spiro atoms. The number of nitrogens with one attached hydrogen (secondary N) is 1. The van der Waals surface area contributed by atoms with Crippen molar-refractivity contribution in [3.8, 4) is 11.3 Å². The fourth-order valence-corrected chi connectivity index (χ4v) is 2.53. The van der Waals surface area contributed by atoms with E-state index in [0.29, 0.717) is 16.8 Å². The highest BCUT2D eigenvalue weighted by atomic mass is 19.1. The summed E-state index contributed by atoms with van der Waals surface area (Å²) in [5.74, 6) is -0.644. The van der Waals surface area contributed by atoms with Crippen LogP contribution in [0.2, 0.25) is 0 Å². The Morgan fingerprint density at radius 2 is 1.91 bits per heavy atom. The lowest BCUT2D eigenvalue weighted by Gasteiger charge is -2.10. The minimum absolute atomic E-state index is 0.252. The third-order valence-electron chi connectivity index (χ3n) is 3.58. The SMILES string of the molecule is CNC(=O)c1ccc(F)c(-c2nc(C)cc3ccccc23)c1. The molecule has 0 aliphatic rings. The van der Waals surface area contributed by atoms with E-state index in [4.69, 9.17) is 0 Å². The van der Waals surface area contributed by atoms with Gasteiger partial charge in [0, 0.05) is 29.3 Å². The normalized spacial score (nSPS) is 10.7. The average Bonchev–Trinajstić information content (AvgIpc) is 2.53. The van der Waals surface area contributed by atoms with Gasteiger partial charge >= 0.3 is 0 Å². The van der Waals surface area contributed by atoms with Gasteiger partial charge < -0.3 is 5.32 Å². The second-order valence-electron chi connectivity index (χ2n) is 5.11. The average molecular weight is 294 g/mol. The maximum atomic E-state index is 14.3. The molecule has 0 unspecified atom stereocenters. The summed E-state index contributed by atoms with van der Waals surface area (Å²) in [6.07, 6.45) is 0. The van der Waals surface area contributed by atoms with E-state index in [-0.39, 0.29) is 5.91 Å². The first-order chi connectivity index (χ1) is 10.6. The molecule has 3 rings (SSSR count). The molecule has 0 saturated carbocycles. The number of aromatic nitrogens is 1. The second-order valence-corrected chi connectivity index (χ2v) is 5.11. The smallest absolute Gasteiger partial charge is 0.251 e. The molecule has 110 valence electrons. The molecule has 1 amide bonds. The molecule has 1 aromatic heterocycles. The molecule has 0 aliphatic heterocycles.